The third kappa shape index (κ3) is 4.87. The second-order valence-corrected chi connectivity index (χ2v) is 4.79. The predicted molar refractivity (Wildman–Crippen MR) is 77.2 cm³/mol. The molecular formula is C13H25N5. The molecule has 1 aromatic heterocycles. The van der Waals surface area contributed by atoms with Crippen LogP contribution in [0, 0.1) is 6.92 Å². The van der Waals surface area contributed by atoms with Crippen molar-refractivity contribution in [3.05, 3.63) is 11.9 Å². The van der Waals surface area contributed by atoms with Gasteiger partial charge < -0.3 is 15.5 Å². The Kier molecular flexibility index (Phi) is 5.85. The summed E-state index contributed by atoms with van der Waals surface area (Å²) in [5.74, 6) is 2.52. The monoisotopic (exact) mass is 251 g/mol. The average Bonchev–Trinajstić information content (AvgIpc) is 2.33. The van der Waals surface area contributed by atoms with E-state index in [1.807, 2.05) is 20.0 Å². The van der Waals surface area contributed by atoms with E-state index in [9.17, 15) is 0 Å². The maximum absolute atomic E-state index is 4.36. The smallest absolute Gasteiger partial charge is 0.131 e. The van der Waals surface area contributed by atoms with Gasteiger partial charge in [0, 0.05) is 25.7 Å². The Hall–Kier alpha value is -1.36. The van der Waals surface area contributed by atoms with Gasteiger partial charge in [-0.2, -0.15) is 0 Å². The highest BCUT2D eigenvalue weighted by Gasteiger charge is 2.03. The fraction of sp³-hybridized carbons (Fsp3) is 0.692. The van der Waals surface area contributed by atoms with Gasteiger partial charge in [0.25, 0.3) is 0 Å². The summed E-state index contributed by atoms with van der Waals surface area (Å²) in [5.41, 5.74) is 0. The number of hydrogen-bond acceptors (Lipinski definition) is 5. The number of aryl methyl sites for hydroxylation is 1. The van der Waals surface area contributed by atoms with Crippen LogP contribution in [0.5, 0.6) is 0 Å². The summed E-state index contributed by atoms with van der Waals surface area (Å²) in [6.45, 7) is 8.34. The van der Waals surface area contributed by atoms with Crippen LogP contribution in [0.2, 0.25) is 0 Å². The first-order valence-electron chi connectivity index (χ1n) is 6.50. The molecule has 1 heterocycles. The van der Waals surface area contributed by atoms with E-state index in [4.69, 9.17) is 0 Å². The minimum Gasteiger partial charge on any atom is -0.373 e. The summed E-state index contributed by atoms with van der Waals surface area (Å²) in [4.78, 5) is 11.0. The lowest BCUT2D eigenvalue weighted by Gasteiger charge is -2.20. The Bertz CT molecular complexity index is 364. The second kappa shape index (κ2) is 7.16. The van der Waals surface area contributed by atoms with Crippen LogP contribution in [0.4, 0.5) is 11.6 Å². The molecule has 0 atom stereocenters. The highest BCUT2D eigenvalue weighted by Crippen LogP contribution is 2.10. The quantitative estimate of drug-likeness (QED) is 0.726. The summed E-state index contributed by atoms with van der Waals surface area (Å²) in [6.07, 6.45) is 1.10. The lowest BCUT2D eigenvalue weighted by Crippen LogP contribution is -2.28. The molecule has 0 aliphatic rings. The Morgan fingerprint density at radius 3 is 2.56 bits per heavy atom. The van der Waals surface area contributed by atoms with Gasteiger partial charge in [-0.3, -0.25) is 0 Å². The van der Waals surface area contributed by atoms with Gasteiger partial charge in [-0.25, -0.2) is 9.97 Å². The number of nitrogens with zero attached hydrogens (tertiary/aromatic N) is 3. The molecule has 2 N–H and O–H groups in total. The molecule has 0 aliphatic heterocycles. The molecular weight excluding hydrogens is 226 g/mol. The lowest BCUT2D eigenvalue weighted by atomic mass is 10.3. The van der Waals surface area contributed by atoms with Crippen LogP contribution in [0.25, 0.3) is 0 Å². The SMILES string of the molecule is CNc1cc(NCCCN(C)C(C)C)nc(C)n1. The zero-order valence-corrected chi connectivity index (χ0v) is 12.1. The molecule has 5 nitrogen and oxygen atoms in total. The first-order valence-corrected chi connectivity index (χ1v) is 6.50. The zero-order valence-electron chi connectivity index (χ0n) is 12.1. The lowest BCUT2D eigenvalue weighted by molar-refractivity contribution is 0.273. The summed E-state index contributed by atoms with van der Waals surface area (Å²) >= 11 is 0. The van der Waals surface area contributed by atoms with Crippen molar-refractivity contribution in [2.75, 3.05) is 37.8 Å². The molecule has 1 aromatic rings. The van der Waals surface area contributed by atoms with Crippen molar-refractivity contribution in [2.45, 2.75) is 33.2 Å². The third-order valence-corrected chi connectivity index (χ3v) is 2.97. The number of nitrogens with one attached hydrogen (secondary N) is 2. The summed E-state index contributed by atoms with van der Waals surface area (Å²) in [6, 6.07) is 2.53. The molecule has 5 heteroatoms. The fourth-order valence-electron chi connectivity index (χ4n) is 1.59. The highest BCUT2D eigenvalue weighted by atomic mass is 15.1. The van der Waals surface area contributed by atoms with Crippen molar-refractivity contribution in [3.8, 4) is 0 Å². The van der Waals surface area contributed by atoms with Gasteiger partial charge in [0.1, 0.15) is 17.5 Å². The van der Waals surface area contributed by atoms with Crippen LogP contribution in [0.3, 0.4) is 0 Å². The first-order chi connectivity index (χ1) is 8.52. The van der Waals surface area contributed by atoms with Crippen molar-refractivity contribution in [2.24, 2.45) is 0 Å². The summed E-state index contributed by atoms with van der Waals surface area (Å²) in [7, 11) is 4.02. The van der Waals surface area contributed by atoms with Gasteiger partial charge in [0.2, 0.25) is 0 Å². The van der Waals surface area contributed by atoms with Gasteiger partial charge in [-0.15, -0.1) is 0 Å². The number of rotatable bonds is 7. The molecule has 18 heavy (non-hydrogen) atoms. The van der Waals surface area contributed by atoms with Crippen molar-refractivity contribution in [3.63, 3.8) is 0 Å². The molecule has 102 valence electrons. The van der Waals surface area contributed by atoms with Gasteiger partial charge in [0.05, 0.1) is 0 Å². The minimum atomic E-state index is 0.599. The average molecular weight is 251 g/mol. The first kappa shape index (κ1) is 14.7. The van der Waals surface area contributed by atoms with E-state index in [0.29, 0.717) is 6.04 Å². The zero-order chi connectivity index (χ0) is 13.5. The van der Waals surface area contributed by atoms with Crippen LogP contribution in [-0.4, -0.2) is 48.1 Å². The van der Waals surface area contributed by atoms with Gasteiger partial charge >= 0.3 is 0 Å². The molecule has 0 aliphatic carbocycles. The van der Waals surface area contributed by atoms with Gasteiger partial charge in [0.15, 0.2) is 0 Å². The Morgan fingerprint density at radius 1 is 1.28 bits per heavy atom. The topological polar surface area (TPSA) is 53.1 Å². The summed E-state index contributed by atoms with van der Waals surface area (Å²) in [5, 5.41) is 6.37. The van der Waals surface area contributed by atoms with E-state index in [0.717, 1.165) is 37.0 Å². The maximum Gasteiger partial charge on any atom is 0.131 e. The highest BCUT2D eigenvalue weighted by molar-refractivity contribution is 5.46. The normalized spacial score (nSPS) is 11.1. The molecule has 0 amide bonds. The molecule has 1 rings (SSSR count). The molecule has 0 spiro atoms. The number of hydrogen-bond donors (Lipinski definition) is 2. The van der Waals surface area contributed by atoms with E-state index >= 15 is 0 Å². The number of aromatic nitrogens is 2. The fourth-order valence-corrected chi connectivity index (χ4v) is 1.59. The van der Waals surface area contributed by atoms with Crippen LogP contribution in [0.1, 0.15) is 26.1 Å². The van der Waals surface area contributed by atoms with Gasteiger partial charge in [-0.05, 0) is 40.8 Å². The Balaban J connectivity index is 2.37. The molecule has 0 aromatic carbocycles. The Labute approximate surface area is 110 Å². The third-order valence-electron chi connectivity index (χ3n) is 2.97. The van der Waals surface area contributed by atoms with Crippen LogP contribution in [-0.2, 0) is 0 Å². The second-order valence-electron chi connectivity index (χ2n) is 4.79. The van der Waals surface area contributed by atoms with Crippen molar-refractivity contribution in [1.29, 1.82) is 0 Å². The van der Waals surface area contributed by atoms with E-state index in [1.165, 1.54) is 0 Å². The molecule has 0 unspecified atom stereocenters. The van der Waals surface area contributed by atoms with E-state index < -0.39 is 0 Å². The van der Waals surface area contributed by atoms with Crippen LogP contribution in [0.15, 0.2) is 6.07 Å². The molecule has 0 radical (unpaired) electrons. The largest absolute Gasteiger partial charge is 0.373 e. The van der Waals surface area contributed by atoms with E-state index in [-0.39, 0.29) is 0 Å². The molecule has 0 saturated heterocycles. The van der Waals surface area contributed by atoms with Gasteiger partial charge in [-0.1, -0.05) is 0 Å². The van der Waals surface area contributed by atoms with Crippen LogP contribution >= 0.6 is 0 Å². The minimum absolute atomic E-state index is 0.599. The standard InChI is InChI=1S/C13H25N5/c1-10(2)18(5)8-6-7-15-13-9-12(14-4)16-11(3)17-13/h9-10H,6-8H2,1-5H3,(H2,14,15,16,17). The van der Waals surface area contributed by atoms with E-state index in [1.54, 1.807) is 0 Å². The van der Waals surface area contributed by atoms with Crippen molar-refractivity contribution in [1.82, 2.24) is 14.9 Å². The maximum atomic E-state index is 4.36. The van der Waals surface area contributed by atoms with Crippen LogP contribution < -0.4 is 10.6 Å². The molecule has 0 fully saturated rings. The summed E-state index contributed by atoms with van der Waals surface area (Å²) < 4.78 is 0. The Morgan fingerprint density at radius 2 is 1.94 bits per heavy atom. The molecule has 0 bridgehead atoms. The van der Waals surface area contributed by atoms with Crippen molar-refractivity contribution < 1.29 is 0 Å². The number of anilines is 2. The molecule has 0 saturated carbocycles. The van der Waals surface area contributed by atoms with E-state index in [2.05, 4.69) is 46.4 Å². The predicted octanol–water partition coefficient (Wildman–Crippen LogP) is 1.97. The van der Waals surface area contributed by atoms with Crippen molar-refractivity contribution >= 4 is 11.6 Å².